The van der Waals surface area contributed by atoms with Crippen LogP contribution in [0.3, 0.4) is 0 Å². The minimum Gasteiger partial charge on any atom is -0.497 e. The summed E-state index contributed by atoms with van der Waals surface area (Å²) in [4.78, 5) is 10.8. The van der Waals surface area contributed by atoms with E-state index in [1.54, 1.807) is 14.2 Å². The maximum absolute atomic E-state index is 10.8. The van der Waals surface area contributed by atoms with Crippen molar-refractivity contribution in [2.75, 3.05) is 26.1 Å². The number of methoxy groups -OCH3 is 2. The third-order valence-electron chi connectivity index (χ3n) is 3.31. The highest BCUT2D eigenvalue weighted by Gasteiger charge is 2.30. The van der Waals surface area contributed by atoms with Crippen molar-refractivity contribution >= 4 is 11.7 Å². The molecule has 0 spiro atoms. The van der Waals surface area contributed by atoms with Crippen molar-refractivity contribution < 1.29 is 24.1 Å². The molecular formula is C14H19NO5. The second-order valence-electron chi connectivity index (χ2n) is 4.61. The summed E-state index contributed by atoms with van der Waals surface area (Å²) in [5.41, 5.74) is 0.800. The molecule has 1 aromatic rings. The van der Waals surface area contributed by atoms with Gasteiger partial charge in [0.05, 0.1) is 26.0 Å². The average molecular weight is 281 g/mol. The first-order chi connectivity index (χ1) is 9.63. The van der Waals surface area contributed by atoms with Crippen LogP contribution in [-0.4, -0.2) is 44.0 Å². The first kappa shape index (κ1) is 14.5. The van der Waals surface area contributed by atoms with E-state index in [1.165, 1.54) is 0 Å². The Morgan fingerprint density at radius 3 is 2.80 bits per heavy atom. The lowest BCUT2D eigenvalue weighted by Crippen LogP contribution is -2.24. The van der Waals surface area contributed by atoms with Gasteiger partial charge in [-0.05, 0) is 25.0 Å². The SMILES string of the molecule is COc1ccc(OC)c(NCC2CCC(C(=O)O)O2)c1. The second kappa shape index (κ2) is 6.47. The number of hydrogen-bond donors (Lipinski definition) is 2. The number of carboxylic acid groups (broad SMARTS) is 1. The quantitative estimate of drug-likeness (QED) is 0.827. The van der Waals surface area contributed by atoms with Crippen molar-refractivity contribution in [1.82, 2.24) is 0 Å². The standard InChI is InChI=1S/C14H19NO5/c1-18-9-3-5-12(19-2)11(7-9)15-8-10-4-6-13(20-10)14(16)17/h3,5,7,10,13,15H,4,6,8H2,1-2H3,(H,16,17). The van der Waals surface area contributed by atoms with Crippen LogP contribution in [0.2, 0.25) is 0 Å². The lowest BCUT2D eigenvalue weighted by Gasteiger charge is -2.16. The Morgan fingerprint density at radius 2 is 2.20 bits per heavy atom. The second-order valence-corrected chi connectivity index (χ2v) is 4.61. The summed E-state index contributed by atoms with van der Waals surface area (Å²) in [7, 11) is 3.20. The molecule has 1 aliphatic heterocycles. The molecule has 2 rings (SSSR count). The number of anilines is 1. The van der Waals surface area contributed by atoms with Crippen LogP contribution in [0.4, 0.5) is 5.69 Å². The van der Waals surface area contributed by atoms with Gasteiger partial charge in [0.2, 0.25) is 0 Å². The van der Waals surface area contributed by atoms with Gasteiger partial charge < -0.3 is 24.6 Å². The molecule has 0 bridgehead atoms. The number of aliphatic carboxylic acids is 1. The van der Waals surface area contributed by atoms with Crippen LogP contribution in [0.25, 0.3) is 0 Å². The molecule has 1 heterocycles. The molecule has 2 unspecified atom stereocenters. The summed E-state index contributed by atoms with van der Waals surface area (Å²) < 4.78 is 15.9. The van der Waals surface area contributed by atoms with Crippen LogP contribution in [0.5, 0.6) is 11.5 Å². The third kappa shape index (κ3) is 3.33. The van der Waals surface area contributed by atoms with E-state index in [1.807, 2.05) is 18.2 Å². The monoisotopic (exact) mass is 281 g/mol. The van der Waals surface area contributed by atoms with E-state index in [9.17, 15) is 4.79 Å². The number of ether oxygens (including phenoxy) is 3. The summed E-state index contributed by atoms with van der Waals surface area (Å²) in [5.74, 6) is 0.536. The van der Waals surface area contributed by atoms with Crippen LogP contribution in [0.15, 0.2) is 18.2 Å². The van der Waals surface area contributed by atoms with Gasteiger partial charge in [0.25, 0.3) is 0 Å². The topological polar surface area (TPSA) is 77.0 Å². The van der Waals surface area contributed by atoms with Gasteiger partial charge in [-0.3, -0.25) is 0 Å². The highest BCUT2D eigenvalue weighted by Crippen LogP contribution is 2.29. The van der Waals surface area contributed by atoms with Gasteiger partial charge in [-0.2, -0.15) is 0 Å². The minimum atomic E-state index is -0.897. The largest absolute Gasteiger partial charge is 0.497 e. The molecular weight excluding hydrogens is 262 g/mol. The van der Waals surface area contributed by atoms with Gasteiger partial charge in [0, 0.05) is 12.6 Å². The number of rotatable bonds is 6. The number of carboxylic acids is 1. The zero-order chi connectivity index (χ0) is 14.5. The fourth-order valence-corrected chi connectivity index (χ4v) is 2.21. The number of carbonyl (C=O) groups is 1. The Labute approximate surface area is 117 Å². The molecule has 20 heavy (non-hydrogen) atoms. The van der Waals surface area contributed by atoms with Crippen molar-refractivity contribution in [2.24, 2.45) is 0 Å². The van der Waals surface area contributed by atoms with Crippen molar-refractivity contribution in [3.63, 3.8) is 0 Å². The predicted molar refractivity (Wildman–Crippen MR) is 73.6 cm³/mol. The lowest BCUT2D eigenvalue weighted by molar-refractivity contribution is -0.149. The van der Waals surface area contributed by atoms with E-state index >= 15 is 0 Å². The Bertz CT molecular complexity index is 477. The summed E-state index contributed by atoms with van der Waals surface area (Å²) >= 11 is 0. The Balaban J connectivity index is 1.95. The lowest BCUT2D eigenvalue weighted by atomic mass is 10.2. The van der Waals surface area contributed by atoms with Gasteiger partial charge in [0.1, 0.15) is 11.5 Å². The summed E-state index contributed by atoms with van der Waals surface area (Å²) in [6, 6.07) is 5.47. The van der Waals surface area contributed by atoms with Crippen LogP contribution >= 0.6 is 0 Å². The van der Waals surface area contributed by atoms with E-state index in [0.29, 0.717) is 18.7 Å². The molecule has 110 valence electrons. The number of nitrogens with one attached hydrogen (secondary N) is 1. The van der Waals surface area contributed by atoms with Crippen molar-refractivity contribution in [1.29, 1.82) is 0 Å². The molecule has 0 radical (unpaired) electrons. The molecule has 0 aliphatic carbocycles. The Kier molecular flexibility index (Phi) is 4.68. The van der Waals surface area contributed by atoms with E-state index < -0.39 is 12.1 Å². The summed E-state index contributed by atoms with van der Waals surface area (Å²) in [5, 5.41) is 12.1. The maximum atomic E-state index is 10.8. The molecule has 2 N–H and O–H groups in total. The van der Waals surface area contributed by atoms with Crippen molar-refractivity contribution in [3.05, 3.63) is 18.2 Å². The molecule has 1 aliphatic rings. The van der Waals surface area contributed by atoms with E-state index in [0.717, 1.165) is 17.9 Å². The van der Waals surface area contributed by atoms with Gasteiger partial charge in [-0.1, -0.05) is 0 Å². The van der Waals surface area contributed by atoms with Gasteiger partial charge >= 0.3 is 5.97 Å². The average Bonchev–Trinajstić information content (AvgIpc) is 2.93. The first-order valence-corrected chi connectivity index (χ1v) is 6.48. The summed E-state index contributed by atoms with van der Waals surface area (Å²) in [6.45, 7) is 0.535. The zero-order valence-electron chi connectivity index (χ0n) is 11.6. The van der Waals surface area contributed by atoms with Gasteiger partial charge in [0.15, 0.2) is 6.10 Å². The molecule has 2 atom stereocenters. The van der Waals surface area contributed by atoms with E-state index in [2.05, 4.69) is 5.32 Å². The third-order valence-corrected chi connectivity index (χ3v) is 3.31. The van der Waals surface area contributed by atoms with Gasteiger partial charge in [-0.25, -0.2) is 4.79 Å². The molecule has 6 heteroatoms. The van der Waals surface area contributed by atoms with Gasteiger partial charge in [-0.15, -0.1) is 0 Å². The molecule has 6 nitrogen and oxygen atoms in total. The highest BCUT2D eigenvalue weighted by molar-refractivity contribution is 5.72. The maximum Gasteiger partial charge on any atom is 0.332 e. The van der Waals surface area contributed by atoms with Crippen LogP contribution in [0, 0.1) is 0 Å². The zero-order valence-corrected chi connectivity index (χ0v) is 11.6. The molecule has 0 saturated carbocycles. The van der Waals surface area contributed by atoms with Crippen molar-refractivity contribution in [3.8, 4) is 11.5 Å². The predicted octanol–water partition coefficient (Wildman–Crippen LogP) is 1.75. The fourth-order valence-electron chi connectivity index (χ4n) is 2.21. The smallest absolute Gasteiger partial charge is 0.332 e. The highest BCUT2D eigenvalue weighted by atomic mass is 16.5. The molecule has 0 aromatic heterocycles. The van der Waals surface area contributed by atoms with Crippen LogP contribution < -0.4 is 14.8 Å². The molecule has 0 amide bonds. The first-order valence-electron chi connectivity index (χ1n) is 6.48. The van der Waals surface area contributed by atoms with E-state index in [4.69, 9.17) is 19.3 Å². The number of hydrogen-bond acceptors (Lipinski definition) is 5. The minimum absolute atomic E-state index is 0.105. The Hall–Kier alpha value is -1.95. The Morgan fingerprint density at radius 1 is 1.40 bits per heavy atom. The van der Waals surface area contributed by atoms with Crippen molar-refractivity contribution in [2.45, 2.75) is 25.0 Å². The van der Waals surface area contributed by atoms with Crippen LogP contribution in [0.1, 0.15) is 12.8 Å². The normalized spacial score (nSPS) is 21.5. The number of benzene rings is 1. The molecule has 1 saturated heterocycles. The van der Waals surface area contributed by atoms with E-state index in [-0.39, 0.29) is 6.10 Å². The fraction of sp³-hybridized carbons (Fsp3) is 0.500. The van der Waals surface area contributed by atoms with Crippen LogP contribution in [-0.2, 0) is 9.53 Å². The molecule has 1 aromatic carbocycles. The molecule has 1 fully saturated rings. The summed E-state index contributed by atoms with van der Waals surface area (Å²) in [6.07, 6.45) is 0.494.